The minimum atomic E-state index is -1.59. The van der Waals surface area contributed by atoms with Crippen LogP contribution in [0, 0.1) is 5.41 Å². The molecule has 13 N–H and O–H groups in total. The highest BCUT2D eigenvalue weighted by molar-refractivity contribution is 7.80. The first-order chi connectivity index (χ1) is 23.8. The number of carboxylic acids is 1. The summed E-state index contributed by atoms with van der Waals surface area (Å²) in [5.41, 5.74) is 11.8. The Morgan fingerprint density at radius 1 is 0.840 bits per heavy atom. The van der Waals surface area contributed by atoms with E-state index in [1.54, 1.807) is 30.3 Å². The average molecular weight is 721 g/mol. The van der Waals surface area contributed by atoms with Crippen molar-refractivity contribution in [2.45, 2.75) is 81.6 Å². The van der Waals surface area contributed by atoms with Crippen LogP contribution in [0.2, 0.25) is 0 Å². The number of hydrogen-bond acceptors (Lipinski definition) is 10. The molecule has 1 saturated heterocycles. The third kappa shape index (κ3) is 15.5. The van der Waals surface area contributed by atoms with Gasteiger partial charge in [-0.1, -0.05) is 30.3 Å². The topological polar surface area (TPSA) is 300 Å². The van der Waals surface area contributed by atoms with E-state index in [1.807, 2.05) is 0 Å². The lowest BCUT2D eigenvalue weighted by molar-refractivity contribution is -0.141. The number of carbonyl (C=O) groups is 7. The van der Waals surface area contributed by atoms with E-state index in [1.165, 1.54) is 0 Å². The van der Waals surface area contributed by atoms with Crippen LogP contribution < -0.4 is 48.7 Å². The van der Waals surface area contributed by atoms with E-state index in [0.29, 0.717) is 30.6 Å². The van der Waals surface area contributed by atoms with Crippen molar-refractivity contribution in [3.8, 4) is 0 Å². The number of aliphatic carboxylic acids is 1. The maximum Gasteiger partial charge on any atom is 0.305 e. The Morgan fingerprint density at radius 2 is 1.42 bits per heavy atom. The van der Waals surface area contributed by atoms with Crippen molar-refractivity contribution in [3.05, 3.63) is 35.9 Å². The number of rotatable bonds is 16. The fourth-order valence-electron chi connectivity index (χ4n) is 4.95. The molecular weight excluding hydrogens is 672 g/mol. The molecule has 2 rings (SSSR count). The van der Waals surface area contributed by atoms with Crippen molar-refractivity contribution >= 4 is 60.0 Å². The summed E-state index contributed by atoms with van der Waals surface area (Å²) in [5.74, 6) is -5.66. The van der Waals surface area contributed by atoms with E-state index in [-0.39, 0.29) is 50.6 Å². The van der Waals surface area contributed by atoms with Crippen LogP contribution in [0.5, 0.6) is 0 Å². The molecule has 0 spiro atoms. The quantitative estimate of drug-likeness (QED) is 0.0353. The average Bonchev–Trinajstić information content (AvgIpc) is 3.06. The predicted molar refractivity (Wildman–Crippen MR) is 186 cm³/mol. The first-order valence-electron chi connectivity index (χ1n) is 16.3. The van der Waals surface area contributed by atoms with Gasteiger partial charge in [0.25, 0.3) is 0 Å². The highest BCUT2D eigenvalue weighted by Crippen LogP contribution is 2.09. The van der Waals surface area contributed by atoms with Crippen molar-refractivity contribution in [2.75, 3.05) is 25.4 Å². The minimum absolute atomic E-state index is 0.0368. The van der Waals surface area contributed by atoms with Crippen LogP contribution in [0.15, 0.2) is 30.3 Å². The zero-order chi connectivity index (χ0) is 37.1. The van der Waals surface area contributed by atoms with Crippen molar-refractivity contribution < 1.29 is 38.7 Å². The van der Waals surface area contributed by atoms with Crippen molar-refractivity contribution in [1.29, 1.82) is 5.41 Å². The third-order valence-corrected chi connectivity index (χ3v) is 7.87. The first kappa shape index (κ1) is 41.3. The Morgan fingerprint density at radius 3 is 2.06 bits per heavy atom. The molecule has 1 fully saturated rings. The summed E-state index contributed by atoms with van der Waals surface area (Å²) in [6.07, 6.45) is 0.698. The van der Waals surface area contributed by atoms with E-state index in [0.717, 1.165) is 0 Å². The standard InChI is InChI=1S/C31H48N10O8S/c32-19(11-14-50)26(45)35-12-5-4-9-21-28(47)39-20(10-6-13-36-31(33)34)27(46)37-17-24(42)38-23(16-25(43)44)30(49)41-22(29(48)40-21)15-18-7-2-1-3-8-18/h1-3,7-8,19-23,50H,4-6,9-17,32H2,(H,35,45)(H,37,46)(H,38,42)(H,39,47)(H,40,48)(H,41,49)(H,43,44)(H4,33,34,36)/t19-,20+,21+,22-,23+/m1/s1. The maximum atomic E-state index is 13.8. The van der Waals surface area contributed by atoms with Crippen LogP contribution in [-0.2, 0) is 40.0 Å². The molecule has 0 unspecified atom stereocenters. The number of thiol groups is 1. The Hall–Kier alpha value is -4.91. The molecule has 0 aliphatic carbocycles. The van der Waals surface area contributed by atoms with Gasteiger partial charge in [0.2, 0.25) is 35.4 Å². The smallest absolute Gasteiger partial charge is 0.305 e. The van der Waals surface area contributed by atoms with Gasteiger partial charge in [-0.3, -0.25) is 39.0 Å². The second kappa shape index (κ2) is 21.9. The number of carbonyl (C=O) groups excluding carboxylic acids is 6. The molecule has 1 aromatic rings. The van der Waals surface area contributed by atoms with Gasteiger partial charge in [-0.25, -0.2) is 0 Å². The van der Waals surface area contributed by atoms with Crippen LogP contribution in [0.4, 0.5) is 0 Å². The molecule has 0 saturated carbocycles. The summed E-state index contributed by atoms with van der Waals surface area (Å²) in [5, 5.41) is 34.6. The number of amides is 6. The van der Waals surface area contributed by atoms with E-state index in [9.17, 15) is 38.7 Å². The summed E-state index contributed by atoms with van der Waals surface area (Å²) < 4.78 is 0. The molecule has 0 radical (unpaired) electrons. The van der Waals surface area contributed by atoms with Gasteiger partial charge in [0.05, 0.1) is 19.0 Å². The number of carboxylic acid groups (broad SMARTS) is 1. The Bertz CT molecular complexity index is 1350. The lowest BCUT2D eigenvalue weighted by Gasteiger charge is -2.26. The number of unbranched alkanes of at least 4 members (excludes halogenated alkanes) is 1. The van der Waals surface area contributed by atoms with Gasteiger partial charge in [-0.2, -0.15) is 12.6 Å². The number of nitrogens with one attached hydrogen (secondary N) is 8. The zero-order valence-corrected chi connectivity index (χ0v) is 28.6. The summed E-state index contributed by atoms with van der Waals surface area (Å²) >= 11 is 4.08. The summed E-state index contributed by atoms with van der Waals surface area (Å²) in [6, 6.07) is 2.66. The highest BCUT2D eigenvalue weighted by Gasteiger charge is 2.33. The van der Waals surface area contributed by atoms with E-state index in [4.69, 9.17) is 16.9 Å². The molecular formula is C31H48N10O8S. The van der Waals surface area contributed by atoms with E-state index < -0.39 is 78.7 Å². The molecule has 0 bridgehead atoms. The molecule has 6 amide bonds. The fourth-order valence-corrected chi connectivity index (χ4v) is 5.23. The van der Waals surface area contributed by atoms with Crippen molar-refractivity contribution in [3.63, 3.8) is 0 Å². The van der Waals surface area contributed by atoms with Crippen LogP contribution in [0.1, 0.15) is 50.5 Å². The van der Waals surface area contributed by atoms with Gasteiger partial charge in [-0.05, 0) is 49.8 Å². The molecule has 1 aliphatic heterocycles. The number of nitrogens with two attached hydrogens (primary N) is 2. The van der Waals surface area contributed by atoms with Gasteiger partial charge in [-0.15, -0.1) is 0 Å². The largest absolute Gasteiger partial charge is 0.481 e. The van der Waals surface area contributed by atoms with Crippen LogP contribution >= 0.6 is 12.6 Å². The molecule has 19 heteroatoms. The fraction of sp³-hybridized carbons (Fsp3) is 0.548. The van der Waals surface area contributed by atoms with Crippen LogP contribution in [0.3, 0.4) is 0 Å². The Kier molecular flexibility index (Phi) is 18.1. The predicted octanol–water partition coefficient (Wildman–Crippen LogP) is -3.03. The van der Waals surface area contributed by atoms with Crippen molar-refractivity contribution in [1.82, 2.24) is 37.2 Å². The number of benzene rings is 1. The first-order valence-corrected chi connectivity index (χ1v) is 16.9. The normalized spacial score (nSPS) is 21.1. The number of guanidine groups is 1. The number of hydrogen-bond donors (Lipinski definition) is 12. The van der Waals surface area contributed by atoms with E-state index >= 15 is 0 Å². The van der Waals surface area contributed by atoms with Gasteiger partial charge in [0.15, 0.2) is 5.96 Å². The van der Waals surface area contributed by atoms with Crippen LogP contribution in [0.25, 0.3) is 0 Å². The lowest BCUT2D eigenvalue weighted by atomic mass is 10.0. The summed E-state index contributed by atoms with van der Waals surface area (Å²) in [4.78, 5) is 90.4. The second-order valence-corrected chi connectivity index (χ2v) is 12.1. The summed E-state index contributed by atoms with van der Waals surface area (Å²) in [7, 11) is 0. The Labute approximate surface area is 295 Å². The molecule has 18 nitrogen and oxygen atoms in total. The van der Waals surface area contributed by atoms with Gasteiger partial charge < -0.3 is 53.8 Å². The minimum Gasteiger partial charge on any atom is -0.481 e. The lowest BCUT2D eigenvalue weighted by Crippen LogP contribution is -2.58. The molecule has 50 heavy (non-hydrogen) atoms. The van der Waals surface area contributed by atoms with E-state index in [2.05, 4.69) is 49.8 Å². The molecule has 276 valence electrons. The van der Waals surface area contributed by atoms with Gasteiger partial charge >= 0.3 is 5.97 Å². The summed E-state index contributed by atoms with van der Waals surface area (Å²) in [6.45, 7) is -0.198. The van der Waals surface area contributed by atoms with Gasteiger partial charge in [0, 0.05) is 19.5 Å². The zero-order valence-electron chi connectivity index (χ0n) is 27.7. The molecule has 1 aliphatic rings. The molecule has 5 atom stereocenters. The monoisotopic (exact) mass is 720 g/mol. The third-order valence-electron chi connectivity index (χ3n) is 7.62. The van der Waals surface area contributed by atoms with Crippen molar-refractivity contribution in [2.24, 2.45) is 11.5 Å². The van der Waals surface area contributed by atoms with Gasteiger partial charge in [0.1, 0.15) is 24.2 Å². The second-order valence-electron chi connectivity index (χ2n) is 11.7. The molecule has 0 aromatic heterocycles. The van der Waals surface area contributed by atoms with Crippen LogP contribution in [-0.4, -0.2) is 108 Å². The SMILES string of the molecule is N=C(N)NCCC[C@@H]1NC(=O)[C@H](CCCCNC(=O)[C@H](N)CCS)NC(=O)[C@@H](Cc2ccccc2)NC(=O)[C@H](CC(=O)O)NC(=O)CNC1=O. The molecule has 1 aromatic carbocycles. The molecule has 1 heterocycles. The highest BCUT2D eigenvalue weighted by atomic mass is 32.1. The Balaban J connectivity index is 2.38. The maximum absolute atomic E-state index is 13.8.